The van der Waals surface area contributed by atoms with E-state index in [0.29, 0.717) is 17.1 Å². The molecule has 5 aromatic carbocycles. The van der Waals surface area contributed by atoms with E-state index in [1.807, 2.05) is 68.6 Å². The Hall–Kier alpha value is -6.71. The van der Waals surface area contributed by atoms with Gasteiger partial charge in [-0.3, -0.25) is 15.0 Å². The van der Waals surface area contributed by atoms with Crippen molar-refractivity contribution in [2.45, 2.75) is 71.1 Å². The van der Waals surface area contributed by atoms with Crippen LogP contribution in [0.1, 0.15) is 49.0 Å². The van der Waals surface area contributed by atoms with Crippen molar-refractivity contribution in [2.75, 3.05) is 0 Å². The summed E-state index contributed by atoms with van der Waals surface area (Å²) in [5.41, 5.74) is 17.6. The van der Waals surface area contributed by atoms with Crippen molar-refractivity contribution in [1.29, 1.82) is 0 Å². The van der Waals surface area contributed by atoms with Crippen LogP contribution in [0.2, 0.25) is 17.3 Å². The molecule has 351 valence electrons. The number of rotatable bonds is 7. The molecule has 0 fully saturated rings. The third kappa shape index (κ3) is 9.36. The van der Waals surface area contributed by atoms with Crippen molar-refractivity contribution in [3.8, 4) is 62.0 Å². The van der Waals surface area contributed by atoms with Crippen LogP contribution in [0.4, 0.5) is 0 Å². The molecule has 0 spiro atoms. The van der Waals surface area contributed by atoms with E-state index < -0.39 is 13.3 Å². The number of imidazole rings is 1. The van der Waals surface area contributed by atoms with Crippen LogP contribution in [0.25, 0.3) is 95.1 Å². The average molecular weight is 1150 g/mol. The molecule has 0 N–H and O–H groups in total. The molecular weight excluding hydrogens is 1100 g/mol. The first-order chi connectivity index (χ1) is 33.1. The zero-order chi connectivity index (χ0) is 48.2. The van der Waals surface area contributed by atoms with Crippen LogP contribution >= 0.6 is 0 Å². The van der Waals surface area contributed by atoms with E-state index >= 15 is 0 Å². The molecular formula is C61H55GeIrN5O2-2. The normalized spacial score (nSPS) is 11.7. The van der Waals surface area contributed by atoms with Gasteiger partial charge < -0.3 is 8.98 Å². The summed E-state index contributed by atoms with van der Waals surface area (Å²) in [6, 6.07) is 56.9. The first-order valence-corrected chi connectivity index (χ1v) is 30.9. The molecule has 6 heterocycles. The summed E-state index contributed by atoms with van der Waals surface area (Å²) in [7, 11) is 0. The third-order valence-electron chi connectivity index (χ3n) is 12.7. The van der Waals surface area contributed by atoms with Gasteiger partial charge in [-0.25, -0.2) is 0 Å². The van der Waals surface area contributed by atoms with E-state index in [1.54, 1.807) is 0 Å². The van der Waals surface area contributed by atoms with Crippen LogP contribution in [0.15, 0.2) is 161 Å². The molecule has 0 atom stereocenters. The monoisotopic (exact) mass is 1160 g/mol. The van der Waals surface area contributed by atoms with E-state index in [0.717, 1.165) is 95.2 Å². The second-order valence-corrected chi connectivity index (χ2v) is 30.5. The van der Waals surface area contributed by atoms with Gasteiger partial charge >= 0.3 is 134 Å². The van der Waals surface area contributed by atoms with Crippen LogP contribution < -0.4 is 4.40 Å². The van der Waals surface area contributed by atoms with E-state index in [4.69, 9.17) is 23.8 Å². The van der Waals surface area contributed by atoms with E-state index in [1.165, 1.54) is 15.5 Å². The minimum absolute atomic E-state index is 0. The smallest absolute Gasteiger partial charge is 0 e. The molecule has 7 nitrogen and oxygen atoms in total. The number of pyridine rings is 3. The quantitative estimate of drug-likeness (QED) is 0.117. The van der Waals surface area contributed by atoms with Crippen LogP contribution in [0, 0.1) is 39.8 Å². The molecule has 11 rings (SSSR count). The number of aryl methyl sites for hydroxylation is 4. The van der Waals surface area contributed by atoms with Crippen LogP contribution in [-0.4, -0.2) is 37.8 Å². The van der Waals surface area contributed by atoms with Crippen LogP contribution in [0.5, 0.6) is 0 Å². The summed E-state index contributed by atoms with van der Waals surface area (Å²) in [4.78, 5) is 20.2. The zero-order valence-corrected chi connectivity index (χ0v) is 45.8. The minimum Gasteiger partial charge on any atom is 0 e. The Kier molecular flexibility index (Phi) is 13.3. The van der Waals surface area contributed by atoms with Gasteiger partial charge in [-0.15, -0.1) is 12.1 Å². The van der Waals surface area contributed by atoms with Gasteiger partial charge in [0, 0.05) is 42.3 Å². The third-order valence-corrected chi connectivity index (χ3v) is 16.9. The largest absolute Gasteiger partial charge is 0 e. The van der Waals surface area contributed by atoms with Gasteiger partial charge in [-0.2, -0.15) is 0 Å². The van der Waals surface area contributed by atoms with Gasteiger partial charge in [0.05, 0.1) is 39.3 Å². The fourth-order valence-electron chi connectivity index (χ4n) is 9.25. The van der Waals surface area contributed by atoms with Crippen molar-refractivity contribution in [3.63, 3.8) is 0 Å². The Bertz CT molecular complexity index is 3620. The summed E-state index contributed by atoms with van der Waals surface area (Å²) >= 11 is -2.04. The van der Waals surface area contributed by atoms with Crippen molar-refractivity contribution < 1.29 is 28.9 Å². The molecule has 0 aliphatic carbocycles. The Morgan fingerprint density at radius 3 is 1.94 bits per heavy atom. The van der Waals surface area contributed by atoms with E-state index in [9.17, 15) is 0 Å². The average Bonchev–Trinajstić information content (AvgIpc) is 4.06. The van der Waals surface area contributed by atoms with Gasteiger partial charge in [-0.05, 0) is 78.4 Å². The van der Waals surface area contributed by atoms with Crippen molar-refractivity contribution in [2.24, 2.45) is 0 Å². The van der Waals surface area contributed by atoms with Gasteiger partial charge in [-0.1, -0.05) is 93.6 Å². The molecule has 0 aliphatic heterocycles. The standard InChI is InChI=1S/C42H35N4O.C19H20GeNO.Ir/c1-25-14-13-19-35-37(25)38-36(47-35)21-20-33(44-38)41-45-34-22-26(2)43-27(3)39(34)46(41)40-31(28-15-9-7-10-16-28)23-30(42(4,5)6)24-32(40)29-17-11-8-12-18-29;1-14-10-11-19(22-14)16-12-18(15-8-6-5-7-9-15)21-13-17(16)20(2,3)4;/h7-19,21-24H,1-6H3;5-8,10-13H,1-4H3;/q2*-1;. The zero-order valence-electron chi connectivity index (χ0n) is 41.3. The second kappa shape index (κ2) is 19.2. The van der Waals surface area contributed by atoms with Crippen molar-refractivity contribution in [3.05, 3.63) is 192 Å². The molecule has 0 unspecified atom stereocenters. The Balaban J connectivity index is 0.000000222. The maximum absolute atomic E-state index is 6.20. The van der Waals surface area contributed by atoms with Crippen molar-refractivity contribution >= 4 is 50.8 Å². The molecule has 0 saturated carbocycles. The number of furan rings is 2. The Labute approximate surface area is 426 Å². The Morgan fingerprint density at radius 1 is 0.643 bits per heavy atom. The maximum Gasteiger partial charge on any atom is 0 e. The number of hydrogen-bond acceptors (Lipinski definition) is 6. The topological polar surface area (TPSA) is 82.8 Å². The number of benzene rings is 5. The fourth-order valence-corrected chi connectivity index (χ4v) is 12.3. The van der Waals surface area contributed by atoms with Gasteiger partial charge in [0.25, 0.3) is 0 Å². The summed E-state index contributed by atoms with van der Waals surface area (Å²) in [6.45, 7) is 15.0. The minimum atomic E-state index is -2.04. The van der Waals surface area contributed by atoms with Gasteiger partial charge in [0.2, 0.25) is 0 Å². The summed E-state index contributed by atoms with van der Waals surface area (Å²) in [5.74, 6) is 9.72. The van der Waals surface area contributed by atoms with Gasteiger partial charge in [0.15, 0.2) is 0 Å². The fraction of sp³-hybridized carbons (Fsp3) is 0.180. The summed E-state index contributed by atoms with van der Waals surface area (Å²) in [6.07, 6.45) is 2.04. The molecule has 0 aliphatic rings. The van der Waals surface area contributed by atoms with E-state index in [2.05, 4.69) is 171 Å². The van der Waals surface area contributed by atoms with Crippen LogP contribution in [0.3, 0.4) is 0 Å². The summed E-state index contributed by atoms with van der Waals surface area (Å²) in [5, 5.41) is 1.01. The molecule has 1 radical (unpaired) electrons. The molecule has 9 heteroatoms. The second-order valence-electron chi connectivity index (χ2n) is 20.0. The Morgan fingerprint density at radius 2 is 1.33 bits per heavy atom. The predicted octanol–water partition coefficient (Wildman–Crippen LogP) is 15.4. The predicted molar refractivity (Wildman–Crippen MR) is 286 cm³/mol. The SMILES string of the molecule is Cc1cc2nc(-c3[c-]cc4oc5cccc(C)c5c4n3)n(-c3c(-c4ccccc4)cc(C(C)(C)C)cc3-c3ccccc3)c2c(C)n1.Cc1ccc(-c2cc(-c3[c-]cccc3)nc[c]2[Ge]([CH3])([CH3])[CH3])o1.[Ir]. The molecule has 6 aromatic heterocycles. The number of aromatic nitrogens is 5. The van der Waals surface area contributed by atoms with E-state index in [-0.39, 0.29) is 25.5 Å². The van der Waals surface area contributed by atoms with Crippen molar-refractivity contribution in [1.82, 2.24) is 24.5 Å². The molecule has 0 bridgehead atoms. The maximum atomic E-state index is 6.20. The number of fused-ring (bicyclic) bond motifs is 4. The van der Waals surface area contributed by atoms with Gasteiger partial charge in [0.1, 0.15) is 5.58 Å². The number of hydrogen-bond donors (Lipinski definition) is 0. The number of nitrogens with zero attached hydrogens (tertiary/aromatic N) is 5. The molecule has 0 saturated heterocycles. The molecule has 11 aromatic rings. The molecule has 70 heavy (non-hydrogen) atoms. The summed E-state index contributed by atoms with van der Waals surface area (Å²) < 4.78 is 15.7. The van der Waals surface area contributed by atoms with Crippen LogP contribution in [-0.2, 0) is 25.5 Å². The first-order valence-electron chi connectivity index (χ1n) is 23.5. The first kappa shape index (κ1) is 48.3. The molecule has 0 amide bonds.